The molecule has 0 saturated carbocycles. The molecular formula is C19H13N3O. The smallest absolute Gasteiger partial charge is 0.205 e. The van der Waals surface area contributed by atoms with Crippen LogP contribution in [0.15, 0.2) is 72.4 Å². The van der Waals surface area contributed by atoms with Crippen LogP contribution in [0.5, 0.6) is 5.75 Å². The van der Waals surface area contributed by atoms with E-state index in [1.807, 2.05) is 48.5 Å². The molecule has 1 aliphatic rings. The number of benzene rings is 2. The van der Waals surface area contributed by atoms with Crippen molar-refractivity contribution in [1.29, 1.82) is 5.26 Å². The minimum absolute atomic E-state index is 0.157. The summed E-state index contributed by atoms with van der Waals surface area (Å²) in [5, 5.41) is 11.8. The fourth-order valence-corrected chi connectivity index (χ4v) is 3.12. The van der Waals surface area contributed by atoms with Gasteiger partial charge in [-0.05, 0) is 28.5 Å². The van der Waals surface area contributed by atoms with Crippen LogP contribution in [-0.2, 0) is 0 Å². The van der Waals surface area contributed by atoms with E-state index in [-0.39, 0.29) is 11.8 Å². The second-order valence-corrected chi connectivity index (χ2v) is 5.41. The molecule has 0 fully saturated rings. The maximum Gasteiger partial charge on any atom is 0.205 e. The van der Waals surface area contributed by atoms with Crippen LogP contribution in [0.3, 0.4) is 0 Å². The number of aromatic nitrogens is 1. The molecule has 4 heteroatoms. The lowest BCUT2D eigenvalue weighted by Crippen LogP contribution is -2.21. The Morgan fingerprint density at radius 2 is 1.96 bits per heavy atom. The first kappa shape index (κ1) is 13.4. The Hall–Kier alpha value is -3.32. The quantitative estimate of drug-likeness (QED) is 0.747. The van der Waals surface area contributed by atoms with Gasteiger partial charge in [0.25, 0.3) is 0 Å². The van der Waals surface area contributed by atoms with Gasteiger partial charge >= 0.3 is 0 Å². The van der Waals surface area contributed by atoms with Gasteiger partial charge in [0.15, 0.2) is 0 Å². The van der Waals surface area contributed by atoms with Crippen molar-refractivity contribution in [2.45, 2.75) is 5.92 Å². The Balaban J connectivity index is 2.08. The van der Waals surface area contributed by atoms with Gasteiger partial charge in [-0.15, -0.1) is 0 Å². The summed E-state index contributed by atoms with van der Waals surface area (Å²) in [6.07, 6.45) is 3.48. The zero-order valence-electron chi connectivity index (χ0n) is 12.2. The largest absolute Gasteiger partial charge is 0.440 e. The first-order chi connectivity index (χ1) is 11.3. The van der Waals surface area contributed by atoms with Crippen LogP contribution < -0.4 is 10.5 Å². The molecule has 0 radical (unpaired) electrons. The lowest BCUT2D eigenvalue weighted by molar-refractivity contribution is 0.395. The topological polar surface area (TPSA) is 71.9 Å². The number of rotatable bonds is 1. The molecule has 1 atom stereocenters. The Kier molecular flexibility index (Phi) is 2.99. The molecule has 1 aromatic heterocycles. The van der Waals surface area contributed by atoms with E-state index >= 15 is 0 Å². The standard InChI is InChI=1S/C19H13N3O/c20-10-15-17(13-5-3-9-22-11-13)18-14-6-2-1-4-12(14)7-8-16(18)23-19(15)21/h1-9,11,17H,21H2/t17-/m1/s1. The van der Waals surface area contributed by atoms with Crippen molar-refractivity contribution in [2.24, 2.45) is 5.73 Å². The van der Waals surface area contributed by atoms with Crippen molar-refractivity contribution in [1.82, 2.24) is 4.98 Å². The highest BCUT2D eigenvalue weighted by Gasteiger charge is 2.32. The van der Waals surface area contributed by atoms with Gasteiger partial charge in [-0.1, -0.05) is 36.4 Å². The van der Waals surface area contributed by atoms with Crippen LogP contribution in [0.4, 0.5) is 0 Å². The molecule has 0 spiro atoms. The highest BCUT2D eigenvalue weighted by molar-refractivity contribution is 5.90. The zero-order valence-corrected chi connectivity index (χ0v) is 12.2. The number of pyridine rings is 1. The average molecular weight is 299 g/mol. The Morgan fingerprint density at radius 1 is 1.09 bits per heavy atom. The number of nitrogens with two attached hydrogens (primary N) is 1. The van der Waals surface area contributed by atoms with Gasteiger partial charge in [0.1, 0.15) is 17.4 Å². The molecule has 0 saturated heterocycles. The van der Waals surface area contributed by atoms with Crippen molar-refractivity contribution >= 4 is 10.8 Å². The number of hydrogen-bond acceptors (Lipinski definition) is 4. The summed E-state index contributed by atoms with van der Waals surface area (Å²) in [4.78, 5) is 4.19. The fourth-order valence-electron chi connectivity index (χ4n) is 3.12. The zero-order chi connectivity index (χ0) is 15.8. The summed E-state index contributed by atoms with van der Waals surface area (Å²) in [6, 6.07) is 18.0. The number of fused-ring (bicyclic) bond motifs is 3. The van der Waals surface area contributed by atoms with E-state index in [2.05, 4.69) is 11.1 Å². The van der Waals surface area contributed by atoms with Gasteiger partial charge in [0.2, 0.25) is 5.88 Å². The van der Waals surface area contributed by atoms with E-state index in [0.29, 0.717) is 11.3 Å². The van der Waals surface area contributed by atoms with E-state index in [1.54, 1.807) is 12.4 Å². The lowest BCUT2D eigenvalue weighted by Gasteiger charge is -2.27. The highest BCUT2D eigenvalue weighted by atomic mass is 16.5. The van der Waals surface area contributed by atoms with Crippen LogP contribution >= 0.6 is 0 Å². The molecule has 110 valence electrons. The summed E-state index contributed by atoms with van der Waals surface area (Å²) >= 11 is 0. The molecule has 0 aliphatic carbocycles. The Bertz CT molecular complexity index is 971. The van der Waals surface area contributed by atoms with E-state index in [4.69, 9.17) is 10.5 Å². The predicted octanol–water partition coefficient (Wildman–Crippen LogP) is 3.45. The molecule has 0 unspecified atom stereocenters. The number of allylic oxidation sites excluding steroid dienone is 1. The van der Waals surface area contributed by atoms with E-state index in [0.717, 1.165) is 21.9 Å². The number of ether oxygens (including phenoxy) is 1. The number of nitriles is 1. The molecule has 2 N–H and O–H groups in total. The van der Waals surface area contributed by atoms with Crippen LogP contribution in [0.1, 0.15) is 17.0 Å². The molecule has 1 aliphatic heterocycles. The van der Waals surface area contributed by atoms with Gasteiger partial charge in [0, 0.05) is 18.0 Å². The maximum atomic E-state index is 9.60. The van der Waals surface area contributed by atoms with Crippen molar-refractivity contribution < 1.29 is 4.74 Å². The van der Waals surface area contributed by atoms with Gasteiger partial charge in [-0.2, -0.15) is 5.26 Å². The maximum absolute atomic E-state index is 9.60. The third kappa shape index (κ3) is 2.02. The van der Waals surface area contributed by atoms with Crippen LogP contribution in [-0.4, -0.2) is 4.98 Å². The summed E-state index contributed by atoms with van der Waals surface area (Å²) in [5.41, 5.74) is 8.29. The molecule has 3 aromatic rings. The number of hydrogen-bond donors (Lipinski definition) is 1. The van der Waals surface area contributed by atoms with E-state index in [9.17, 15) is 5.26 Å². The van der Waals surface area contributed by atoms with Crippen molar-refractivity contribution in [3.05, 3.63) is 83.5 Å². The monoisotopic (exact) mass is 299 g/mol. The van der Waals surface area contributed by atoms with Crippen molar-refractivity contribution in [2.75, 3.05) is 0 Å². The second kappa shape index (κ2) is 5.15. The molecule has 23 heavy (non-hydrogen) atoms. The van der Waals surface area contributed by atoms with Crippen LogP contribution in [0.25, 0.3) is 10.8 Å². The molecule has 4 rings (SSSR count). The number of nitrogens with zero attached hydrogens (tertiary/aromatic N) is 2. The minimum atomic E-state index is -0.274. The Morgan fingerprint density at radius 3 is 2.74 bits per heavy atom. The van der Waals surface area contributed by atoms with Crippen LogP contribution in [0, 0.1) is 11.3 Å². The normalized spacial score (nSPS) is 16.6. The average Bonchev–Trinajstić information content (AvgIpc) is 2.61. The lowest BCUT2D eigenvalue weighted by atomic mass is 9.82. The van der Waals surface area contributed by atoms with E-state index < -0.39 is 0 Å². The highest BCUT2D eigenvalue weighted by Crippen LogP contribution is 2.45. The first-order valence-electron chi connectivity index (χ1n) is 7.29. The first-order valence-corrected chi connectivity index (χ1v) is 7.29. The van der Waals surface area contributed by atoms with Gasteiger partial charge < -0.3 is 10.5 Å². The predicted molar refractivity (Wildman–Crippen MR) is 87.5 cm³/mol. The van der Waals surface area contributed by atoms with Crippen molar-refractivity contribution in [3.63, 3.8) is 0 Å². The summed E-state index contributed by atoms with van der Waals surface area (Å²) in [5.74, 6) is 0.571. The van der Waals surface area contributed by atoms with Gasteiger partial charge in [-0.3, -0.25) is 4.98 Å². The molecule has 4 nitrogen and oxygen atoms in total. The van der Waals surface area contributed by atoms with Gasteiger partial charge in [-0.25, -0.2) is 0 Å². The second-order valence-electron chi connectivity index (χ2n) is 5.41. The molecule has 2 heterocycles. The van der Waals surface area contributed by atoms with E-state index in [1.165, 1.54) is 0 Å². The Labute approximate surface area is 133 Å². The van der Waals surface area contributed by atoms with Crippen LogP contribution in [0.2, 0.25) is 0 Å². The van der Waals surface area contributed by atoms with Gasteiger partial charge in [0.05, 0.1) is 5.92 Å². The minimum Gasteiger partial charge on any atom is -0.440 e. The SMILES string of the molecule is N#CC1=C(N)Oc2ccc3ccccc3c2[C@@H]1c1cccnc1. The molecular weight excluding hydrogens is 286 g/mol. The fraction of sp³-hybridized carbons (Fsp3) is 0.0526. The molecule has 0 amide bonds. The summed E-state index contributed by atoms with van der Waals surface area (Å²) < 4.78 is 5.71. The summed E-state index contributed by atoms with van der Waals surface area (Å²) in [7, 11) is 0. The molecule has 0 bridgehead atoms. The third-order valence-corrected chi connectivity index (χ3v) is 4.13. The summed E-state index contributed by atoms with van der Waals surface area (Å²) in [6.45, 7) is 0. The third-order valence-electron chi connectivity index (χ3n) is 4.13. The molecule has 2 aromatic carbocycles. The van der Waals surface area contributed by atoms with Crippen molar-refractivity contribution in [3.8, 4) is 11.8 Å².